The largest absolute Gasteiger partial charge is 0.381 e. The van der Waals surface area contributed by atoms with Crippen LogP contribution in [0.4, 0.5) is 0 Å². The van der Waals surface area contributed by atoms with Gasteiger partial charge in [0.2, 0.25) is 11.8 Å². The first-order valence-corrected chi connectivity index (χ1v) is 6.04. The Hall–Kier alpha value is -1.14. The van der Waals surface area contributed by atoms with Crippen molar-refractivity contribution in [3.05, 3.63) is 0 Å². The molecular weight excluding hydrogens is 222 g/mol. The van der Waals surface area contributed by atoms with Crippen LogP contribution in [0.3, 0.4) is 0 Å². The molecule has 6 nitrogen and oxygen atoms in total. The van der Waals surface area contributed by atoms with Crippen molar-refractivity contribution in [1.29, 1.82) is 0 Å². The van der Waals surface area contributed by atoms with E-state index in [1.165, 1.54) is 0 Å². The molecule has 96 valence electrons. The number of hydrogen-bond donors (Lipinski definition) is 2. The molecule has 3 N–H and O–H groups in total. The number of nitrogens with zero attached hydrogens (tertiary/aromatic N) is 1. The number of nitrogens with one attached hydrogen (secondary N) is 1. The molecule has 2 rings (SSSR count). The van der Waals surface area contributed by atoms with E-state index in [-0.39, 0.29) is 18.4 Å². The van der Waals surface area contributed by atoms with Crippen molar-refractivity contribution >= 4 is 11.8 Å². The van der Waals surface area contributed by atoms with Crippen LogP contribution in [0.2, 0.25) is 0 Å². The Morgan fingerprint density at radius 2 is 2.12 bits per heavy atom. The molecule has 0 unspecified atom stereocenters. The van der Waals surface area contributed by atoms with E-state index in [1.54, 1.807) is 4.90 Å². The molecule has 0 spiro atoms. The Bertz CT molecular complexity index is 313. The Balaban J connectivity index is 2.04. The molecule has 0 aromatic heterocycles. The van der Waals surface area contributed by atoms with Crippen LogP contribution in [0.15, 0.2) is 0 Å². The number of amides is 2. The summed E-state index contributed by atoms with van der Waals surface area (Å²) in [6.07, 6.45) is 1.85. The first-order chi connectivity index (χ1) is 8.12. The monoisotopic (exact) mass is 241 g/mol. The molecule has 0 aromatic carbocycles. The minimum Gasteiger partial charge on any atom is -0.381 e. The van der Waals surface area contributed by atoms with Gasteiger partial charge in [0.25, 0.3) is 0 Å². The molecule has 0 bridgehead atoms. The van der Waals surface area contributed by atoms with Gasteiger partial charge in [-0.05, 0) is 19.3 Å². The first-order valence-electron chi connectivity index (χ1n) is 6.04. The third-order valence-corrected chi connectivity index (χ3v) is 3.36. The van der Waals surface area contributed by atoms with Gasteiger partial charge in [0.1, 0.15) is 0 Å². The van der Waals surface area contributed by atoms with Crippen LogP contribution in [0.25, 0.3) is 0 Å². The Morgan fingerprint density at radius 3 is 2.82 bits per heavy atom. The van der Waals surface area contributed by atoms with Gasteiger partial charge >= 0.3 is 0 Å². The minimum absolute atomic E-state index is 0.105. The van der Waals surface area contributed by atoms with Crippen molar-refractivity contribution in [2.45, 2.75) is 24.8 Å². The van der Waals surface area contributed by atoms with Crippen molar-refractivity contribution in [3.63, 3.8) is 0 Å². The van der Waals surface area contributed by atoms with Gasteiger partial charge in [-0.15, -0.1) is 0 Å². The van der Waals surface area contributed by atoms with Gasteiger partial charge in [-0.25, -0.2) is 0 Å². The number of carbonyl (C=O) groups excluding carboxylic acids is 2. The summed E-state index contributed by atoms with van der Waals surface area (Å²) in [6, 6.07) is 0. The van der Waals surface area contributed by atoms with Crippen LogP contribution >= 0.6 is 0 Å². The first kappa shape index (κ1) is 12.3. The highest BCUT2D eigenvalue weighted by atomic mass is 16.5. The zero-order valence-electron chi connectivity index (χ0n) is 9.91. The number of hydrogen-bond acceptors (Lipinski definition) is 4. The molecule has 0 aromatic rings. The lowest BCUT2D eigenvalue weighted by molar-refractivity contribution is -0.143. The second kappa shape index (κ2) is 5.01. The van der Waals surface area contributed by atoms with E-state index in [1.807, 2.05) is 0 Å². The molecule has 6 heteroatoms. The second-order valence-corrected chi connectivity index (χ2v) is 4.70. The summed E-state index contributed by atoms with van der Waals surface area (Å²) in [5.41, 5.74) is 5.28. The van der Waals surface area contributed by atoms with Crippen LogP contribution in [0.1, 0.15) is 19.3 Å². The molecule has 2 fully saturated rings. The third-order valence-electron chi connectivity index (χ3n) is 3.36. The predicted molar refractivity (Wildman–Crippen MR) is 61.2 cm³/mol. The highest BCUT2D eigenvalue weighted by molar-refractivity contribution is 5.90. The fraction of sp³-hybridized carbons (Fsp3) is 0.818. The molecule has 2 saturated heterocycles. The number of nitrogens with two attached hydrogens (primary N) is 1. The summed E-state index contributed by atoms with van der Waals surface area (Å²) in [7, 11) is 0. The van der Waals surface area contributed by atoms with Gasteiger partial charge in [-0.2, -0.15) is 0 Å². The van der Waals surface area contributed by atoms with Crippen LogP contribution in [-0.4, -0.2) is 55.1 Å². The van der Waals surface area contributed by atoms with Crippen molar-refractivity contribution < 1.29 is 14.3 Å². The van der Waals surface area contributed by atoms with E-state index < -0.39 is 5.54 Å². The van der Waals surface area contributed by atoms with Crippen molar-refractivity contribution in [2.24, 2.45) is 5.73 Å². The molecule has 2 heterocycles. The van der Waals surface area contributed by atoms with Crippen molar-refractivity contribution in [2.75, 3.05) is 32.8 Å². The van der Waals surface area contributed by atoms with Crippen molar-refractivity contribution in [1.82, 2.24) is 10.2 Å². The summed E-state index contributed by atoms with van der Waals surface area (Å²) < 4.78 is 5.22. The zero-order valence-corrected chi connectivity index (χ0v) is 9.91. The lowest BCUT2D eigenvalue weighted by Gasteiger charge is -2.36. The normalized spacial score (nSPS) is 25.0. The molecule has 2 amide bonds. The summed E-state index contributed by atoms with van der Waals surface area (Å²) in [5.74, 6) is -0.218. The quantitative estimate of drug-likeness (QED) is 0.606. The second-order valence-electron chi connectivity index (χ2n) is 4.70. The fourth-order valence-corrected chi connectivity index (χ4v) is 2.24. The van der Waals surface area contributed by atoms with Crippen LogP contribution in [-0.2, 0) is 14.3 Å². The SMILES string of the molecule is NC1(C(=O)N2CCCNC(=O)C2)CCOCC1. The molecular formula is C11H19N3O3. The van der Waals surface area contributed by atoms with E-state index in [0.29, 0.717) is 39.1 Å². The maximum absolute atomic E-state index is 12.3. The topological polar surface area (TPSA) is 84.7 Å². The Labute approximate surface area is 100 Å². The number of rotatable bonds is 1. The molecule has 0 atom stereocenters. The highest BCUT2D eigenvalue weighted by Gasteiger charge is 2.39. The van der Waals surface area contributed by atoms with Gasteiger partial charge in [0.05, 0.1) is 12.1 Å². The minimum atomic E-state index is -0.844. The van der Waals surface area contributed by atoms with Crippen LogP contribution < -0.4 is 11.1 Å². The van der Waals surface area contributed by atoms with Crippen molar-refractivity contribution in [3.8, 4) is 0 Å². The maximum atomic E-state index is 12.3. The van der Waals surface area contributed by atoms with E-state index in [9.17, 15) is 9.59 Å². The molecule has 2 aliphatic rings. The Morgan fingerprint density at radius 1 is 1.41 bits per heavy atom. The highest BCUT2D eigenvalue weighted by Crippen LogP contribution is 2.20. The van der Waals surface area contributed by atoms with E-state index >= 15 is 0 Å². The summed E-state index contributed by atoms with van der Waals surface area (Å²) >= 11 is 0. The smallest absolute Gasteiger partial charge is 0.243 e. The predicted octanol–water partition coefficient (Wildman–Crippen LogP) is -1.16. The van der Waals surface area contributed by atoms with Gasteiger partial charge in [-0.3, -0.25) is 9.59 Å². The molecule has 0 saturated carbocycles. The Kier molecular flexibility index (Phi) is 3.63. The zero-order chi connectivity index (χ0) is 12.3. The van der Waals surface area contributed by atoms with Gasteiger partial charge in [0, 0.05) is 26.3 Å². The molecule has 0 radical (unpaired) electrons. The molecule has 0 aliphatic carbocycles. The van der Waals surface area contributed by atoms with Crippen LogP contribution in [0.5, 0.6) is 0 Å². The molecule has 2 aliphatic heterocycles. The van der Waals surface area contributed by atoms with Gasteiger partial charge in [0.15, 0.2) is 0 Å². The van der Waals surface area contributed by atoms with E-state index in [0.717, 1.165) is 6.42 Å². The van der Waals surface area contributed by atoms with Gasteiger partial charge < -0.3 is 20.7 Å². The summed E-state index contributed by atoms with van der Waals surface area (Å²) in [4.78, 5) is 25.3. The van der Waals surface area contributed by atoms with Crippen LogP contribution in [0, 0.1) is 0 Å². The lowest BCUT2D eigenvalue weighted by Crippen LogP contribution is -2.58. The number of ether oxygens (including phenoxy) is 1. The molecule has 17 heavy (non-hydrogen) atoms. The third kappa shape index (κ3) is 2.76. The average Bonchev–Trinajstić information content (AvgIpc) is 2.54. The lowest BCUT2D eigenvalue weighted by atomic mass is 9.89. The fourth-order valence-electron chi connectivity index (χ4n) is 2.24. The number of carbonyl (C=O) groups is 2. The standard InChI is InChI=1S/C11H19N3O3/c12-11(2-6-17-7-3-11)10(16)14-5-1-4-13-9(15)8-14/h1-8,12H2,(H,13,15). The van der Waals surface area contributed by atoms with Gasteiger partial charge in [-0.1, -0.05) is 0 Å². The maximum Gasteiger partial charge on any atom is 0.243 e. The average molecular weight is 241 g/mol. The van der Waals surface area contributed by atoms with E-state index in [4.69, 9.17) is 10.5 Å². The summed E-state index contributed by atoms with van der Waals surface area (Å²) in [5, 5.41) is 2.75. The summed E-state index contributed by atoms with van der Waals surface area (Å²) in [6.45, 7) is 2.38. The van der Waals surface area contributed by atoms with E-state index in [2.05, 4.69) is 5.32 Å².